The Kier molecular flexibility index (Phi) is 5.17. The molecule has 2 atom stereocenters. The molecule has 3 nitrogen and oxygen atoms in total. The van der Waals surface area contributed by atoms with Gasteiger partial charge in [0.2, 0.25) is 0 Å². The van der Waals surface area contributed by atoms with Crippen molar-refractivity contribution in [3.8, 4) is 0 Å². The van der Waals surface area contributed by atoms with Crippen molar-refractivity contribution < 1.29 is 9.90 Å². The van der Waals surface area contributed by atoms with Crippen molar-refractivity contribution in [2.75, 3.05) is 13.6 Å². The third-order valence-electron chi connectivity index (χ3n) is 4.61. The van der Waals surface area contributed by atoms with Gasteiger partial charge in [0.05, 0.1) is 12.6 Å². The fourth-order valence-corrected chi connectivity index (χ4v) is 3.65. The van der Waals surface area contributed by atoms with E-state index < -0.39 is 0 Å². The number of benzene rings is 1. The molecule has 1 saturated carbocycles. The summed E-state index contributed by atoms with van der Waals surface area (Å²) in [6.07, 6.45) is 3.78. The molecule has 0 bridgehead atoms. The number of rotatable bonds is 4. The quantitative estimate of drug-likeness (QED) is 0.866. The molecule has 0 amide bonds. The summed E-state index contributed by atoms with van der Waals surface area (Å²) in [4.78, 5) is 14.7. The number of hydrogen-bond donors (Lipinski definition) is 1. The number of Topliss-reactive ketones (excluding diaryl/α,β-unsaturated/α-hetero) is 1. The summed E-state index contributed by atoms with van der Waals surface area (Å²) < 4.78 is 0. The lowest BCUT2D eigenvalue weighted by Crippen LogP contribution is -2.45. The normalized spacial score (nSPS) is 22.6. The van der Waals surface area contributed by atoms with Crippen molar-refractivity contribution in [3.63, 3.8) is 0 Å². The molecular weight excluding hydrogens is 262 g/mol. The second-order valence-electron chi connectivity index (χ2n) is 6.53. The summed E-state index contributed by atoms with van der Waals surface area (Å²) in [5.41, 5.74) is 4.14. The van der Waals surface area contributed by atoms with E-state index in [1.807, 2.05) is 25.8 Å². The average molecular weight is 289 g/mol. The van der Waals surface area contributed by atoms with Crippen molar-refractivity contribution in [3.05, 3.63) is 34.4 Å². The zero-order chi connectivity index (χ0) is 15.6. The van der Waals surface area contributed by atoms with Gasteiger partial charge in [0, 0.05) is 11.6 Å². The van der Waals surface area contributed by atoms with Crippen LogP contribution in [0.2, 0.25) is 0 Å². The highest BCUT2D eigenvalue weighted by Gasteiger charge is 2.28. The second kappa shape index (κ2) is 6.71. The van der Waals surface area contributed by atoms with Crippen LogP contribution in [-0.2, 0) is 0 Å². The SMILES string of the molecule is Cc1cc(C)c(C(=O)CN(C)C2CCCCC2O)c(C)c1. The van der Waals surface area contributed by atoms with Gasteiger partial charge in [-0.25, -0.2) is 0 Å². The Labute approximate surface area is 128 Å². The van der Waals surface area contributed by atoms with Gasteiger partial charge in [-0.3, -0.25) is 9.69 Å². The Morgan fingerprint density at radius 1 is 1.19 bits per heavy atom. The fourth-order valence-electron chi connectivity index (χ4n) is 3.65. The van der Waals surface area contributed by atoms with Crippen LogP contribution in [0.4, 0.5) is 0 Å². The topological polar surface area (TPSA) is 40.5 Å². The highest BCUT2D eigenvalue weighted by molar-refractivity contribution is 6.00. The molecule has 1 N–H and O–H groups in total. The predicted molar refractivity (Wildman–Crippen MR) is 85.9 cm³/mol. The minimum absolute atomic E-state index is 0.119. The van der Waals surface area contributed by atoms with Crippen molar-refractivity contribution >= 4 is 5.78 Å². The standard InChI is InChI=1S/C18H27NO2/c1-12-9-13(2)18(14(3)10-12)17(21)11-19(4)15-7-5-6-8-16(15)20/h9-10,15-16,20H,5-8,11H2,1-4H3. The summed E-state index contributed by atoms with van der Waals surface area (Å²) in [5, 5.41) is 10.1. The summed E-state index contributed by atoms with van der Waals surface area (Å²) in [7, 11) is 1.95. The lowest BCUT2D eigenvalue weighted by molar-refractivity contribution is 0.0322. The summed E-state index contributed by atoms with van der Waals surface area (Å²) in [5.74, 6) is 0.158. The molecule has 0 radical (unpaired) electrons. The zero-order valence-electron chi connectivity index (χ0n) is 13.6. The van der Waals surface area contributed by atoms with Crippen LogP contribution in [0.5, 0.6) is 0 Å². The van der Waals surface area contributed by atoms with E-state index in [2.05, 4.69) is 19.1 Å². The lowest BCUT2D eigenvalue weighted by atomic mass is 9.91. The molecule has 0 spiro atoms. The third-order valence-corrected chi connectivity index (χ3v) is 4.61. The van der Waals surface area contributed by atoms with Crippen LogP contribution in [-0.4, -0.2) is 41.5 Å². The Hall–Kier alpha value is -1.19. The Balaban J connectivity index is 2.11. The number of hydrogen-bond acceptors (Lipinski definition) is 3. The minimum atomic E-state index is -0.295. The third kappa shape index (κ3) is 3.72. The lowest BCUT2D eigenvalue weighted by Gasteiger charge is -2.34. The first-order valence-corrected chi connectivity index (χ1v) is 7.89. The molecule has 116 valence electrons. The van der Waals surface area contributed by atoms with Crippen LogP contribution >= 0.6 is 0 Å². The number of carbonyl (C=O) groups is 1. The van der Waals surface area contributed by atoms with E-state index in [1.54, 1.807) is 0 Å². The van der Waals surface area contributed by atoms with Crippen molar-refractivity contribution in [1.82, 2.24) is 4.90 Å². The first kappa shape index (κ1) is 16.2. The van der Waals surface area contributed by atoms with Crippen LogP contribution < -0.4 is 0 Å². The molecule has 1 aliphatic carbocycles. The van der Waals surface area contributed by atoms with Crippen LogP contribution in [0.1, 0.15) is 52.7 Å². The summed E-state index contributed by atoms with van der Waals surface area (Å²) >= 11 is 0. The van der Waals surface area contributed by atoms with Gasteiger partial charge in [-0.05, 0) is 51.8 Å². The molecule has 2 unspecified atom stereocenters. The Morgan fingerprint density at radius 3 is 2.33 bits per heavy atom. The van der Waals surface area contributed by atoms with Gasteiger partial charge in [-0.15, -0.1) is 0 Å². The number of aryl methyl sites for hydroxylation is 3. The monoisotopic (exact) mass is 289 g/mol. The van der Waals surface area contributed by atoms with E-state index in [1.165, 1.54) is 5.56 Å². The smallest absolute Gasteiger partial charge is 0.177 e. The first-order valence-electron chi connectivity index (χ1n) is 7.89. The van der Waals surface area contributed by atoms with Crippen LogP contribution in [0.3, 0.4) is 0 Å². The predicted octanol–water partition coefficient (Wildman–Crippen LogP) is 3.03. The largest absolute Gasteiger partial charge is 0.391 e. The van der Waals surface area contributed by atoms with Crippen LogP contribution in [0.25, 0.3) is 0 Å². The number of nitrogens with zero attached hydrogens (tertiary/aromatic N) is 1. The van der Waals surface area contributed by atoms with E-state index in [-0.39, 0.29) is 17.9 Å². The molecule has 1 aromatic rings. The maximum absolute atomic E-state index is 12.6. The van der Waals surface area contributed by atoms with Gasteiger partial charge in [-0.2, -0.15) is 0 Å². The summed E-state index contributed by atoms with van der Waals surface area (Å²) in [6, 6.07) is 4.25. The molecule has 1 aliphatic rings. The van der Waals surface area contributed by atoms with Gasteiger partial charge in [0.15, 0.2) is 5.78 Å². The van der Waals surface area contributed by atoms with Crippen molar-refractivity contribution in [2.45, 2.75) is 58.6 Å². The minimum Gasteiger partial charge on any atom is -0.391 e. The fraction of sp³-hybridized carbons (Fsp3) is 0.611. The molecule has 0 saturated heterocycles. The molecule has 0 aliphatic heterocycles. The van der Waals surface area contributed by atoms with E-state index in [0.717, 1.165) is 42.4 Å². The number of carbonyl (C=O) groups excluding carboxylic acids is 1. The van der Waals surface area contributed by atoms with Crippen LogP contribution in [0.15, 0.2) is 12.1 Å². The number of aliphatic hydroxyl groups is 1. The average Bonchev–Trinajstić information content (AvgIpc) is 2.37. The molecule has 1 fully saturated rings. The van der Waals surface area contributed by atoms with Gasteiger partial charge < -0.3 is 5.11 Å². The van der Waals surface area contributed by atoms with Crippen LogP contribution in [0, 0.1) is 20.8 Å². The van der Waals surface area contributed by atoms with E-state index in [0.29, 0.717) is 6.54 Å². The van der Waals surface area contributed by atoms with E-state index in [4.69, 9.17) is 0 Å². The molecular formula is C18H27NO2. The van der Waals surface area contributed by atoms with Crippen molar-refractivity contribution in [2.24, 2.45) is 0 Å². The Morgan fingerprint density at radius 2 is 1.76 bits per heavy atom. The molecule has 1 aromatic carbocycles. The highest BCUT2D eigenvalue weighted by Crippen LogP contribution is 2.23. The van der Waals surface area contributed by atoms with Gasteiger partial charge >= 0.3 is 0 Å². The van der Waals surface area contributed by atoms with Gasteiger partial charge in [0.25, 0.3) is 0 Å². The van der Waals surface area contributed by atoms with Gasteiger partial charge in [-0.1, -0.05) is 30.5 Å². The maximum Gasteiger partial charge on any atom is 0.177 e. The molecule has 21 heavy (non-hydrogen) atoms. The van der Waals surface area contributed by atoms with E-state index >= 15 is 0 Å². The zero-order valence-corrected chi connectivity index (χ0v) is 13.6. The molecule has 0 aromatic heterocycles. The second-order valence-corrected chi connectivity index (χ2v) is 6.53. The highest BCUT2D eigenvalue weighted by atomic mass is 16.3. The van der Waals surface area contributed by atoms with Crippen molar-refractivity contribution in [1.29, 1.82) is 0 Å². The van der Waals surface area contributed by atoms with Gasteiger partial charge in [0.1, 0.15) is 0 Å². The summed E-state index contributed by atoms with van der Waals surface area (Å²) in [6.45, 7) is 6.44. The number of likely N-dealkylation sites (N-methyl/N-ethyl adjacent to an activating group) is 1. The molecule has 0 heterocycles. The molecule has 3 heteroatoms. The first-order chi connectivity index (χ1) is 9.90. The molecule has 2 rings (SSSR count). The number of ketones is 1. The maximum atomic E-state index is 12.6. The number of aliphatic hydroxyl groups excluding tert-OH is 1. The Bertz CT molecular complexity index is 501. The van der Waals surface area contributed by atoms with E-state index in [9.17, 15) is 9.90 Å².